The van der Waals surface area contributed by atoms with Crippen LogP contribution in [0.2, 0.25) is 0 Å². The Morgan fingerprint density at radius 2 is 2.33 bits per heavy atom. The summed E-state index contributed by atoms with van der Waals surface area (Å²) in [7, 11) is 1.38. The number of carbonyl (C=O) groups excluding carboxylic acids is 1. The van der Waals surface area contributed by atoms with Gasteiger partial charge in [-0.1, -0.05) is 0 Å². The Morgan fingerprint density at radius 1 is 1.56 bits per heavy atom. The Kier molecular flexibility index (Phi) is 3.52. The van der Waals surface area contributed by atoms with Gasteiger partial charge in [-0.15, -0.1) is 0 Å². The number of carbonyl (C=O) groups is 1. The molecule has 0 aromatic heterocycles. The summed E-state index contributed by atoms with van der Waals surface area (Å²) in [6.45, 7) is 3.63. The molecule has 1 fully saturated rings. The first-order chi connectivity index (χ1) is 8.54. The van der Waals surface area contributed by atoms with E-state index in [9.17, 15) is 9.18 Å². The highest BCUT2D eigenvalue weighted by atomic mass is 19.1. The molecule has 1 heterocycles. The zero-order valence-corrected chi connectivity index (χ0v) is 10.5. The Hall–Kier alpha value is -1.62. The number of amides is 1. The summed E-state index contributed by atoms with van der Waals surface area (Å²) < 4.78 is 18.1. The normalized spacial score (nSPS) is 22.8. The van der Waals surface area contributed by atoms with E-state index < -0.39 is 5.82 Å². The van der Waals surface area contributed by atoms with Crippen molar-refractivity contribution in [2.75, 3.05) is 20.2 Å². The molecule has 0 bridgehead atoms. The van der Waals surface area contributed by atoms with Crippen molar-refractivity contribution in [3.05, 3.63) is 29.6 Å². The Bertz CT molecular complexity index is 456. The van der Waals surface area contributed by atoms with Crippen molar-refractivity contribution >= 4 is 5.91 Å². The van der Waals surface area contributed by atoms with Crippen LogP contribution in [0.3, 0.4) is 0 Å². The van der Waals surface area contributed by atoms with Crippen LogP contribution >= 0.6 is 0 Å². The zero-order chi connectivity index (χ0) is 13.2. The van der Waals surface area contributed by atoms with Gasteiger partial charge in [0, 0.05) is 12.1 Å². The van der Waals surface area contributed by atoms with E-state index in [1.165, 1.54) is 25.3 Å². The quantitative estimate of drug-likeness (QED) is 0.853. The molecule has 1 aromatic rings. The summed E-state index contributed by atoms with van der Waals surface area (Å²) in [4.78, 5) is 12.1. The van der Waals surface area contributed by atoms with Crippen LogP contribution in [-0.2, 0) is 0 Å². The van der Waals surface area contributed by atoms with Crippen molar-refractivity contribution < 1.29 is 13.9 Å². The minimum absolute atomic E-state index is 0.0809. The second kappa shape index (κ2) is 4.94. The molecule has 98 valence electrons. The number of ether oxygens (including phenoxy) is 1. The lowest BCUT2D eigenvalue weighted by Crippen LogP contribution is -2.47. The third-order valence-corrected chi connectivity index (χ3v) is 3.20. The Labute approximate surface area is 106 Å². The highest BCUT2D eigenvalue weighted by Gasteiger charge is 2.30. The number of rotatable bonds is 3. The molecule has 1 unspecified atom stereocenters. The van der Waals surface area contributed by atoms with Crippen molar-refractivity contribution in [1.29, 1.82) is 0 Å². The van der Waals surface area contributed by atoms with Gasteiger partial charge in [0.25, 0.3) is 5.91 Å². The van der Waals surface area contributed by atoms with Crippen molar-refractivity contribution in [2.24, 2.45) is 0 Å². The molecule has 1 aromatic carbocycles. The molecule has 5 heteroatoms. The number of nitrogens with one attached hydrogen (secondary N) is 2. The first-order valence-corrected chi connectivity index (χ1v) is 5.91. The van der Waals surface area contributed by atoms with E-state index >= 15 is 0 Å². The molecule has 1 aliphatic rings. The summed E-state index contributed by atoms with van der Waals surface area (Å²) in [5.74, 6) is -0.598. The summed E-state index contributed by atoms with van der Waals surface area (Å²) in [6, 6.07) is 4.11. The van der Waals surface area contributed by atoms with Crippen LogP contribution in [0.4, 0.5) is 4.39 Å². The van der Waals surface area contributed by atoms with Crippen LogP contribution < -0.4 is 15.4 Å². The standard InChI is InChI=1S/C13H17FN2O2/c1-13(5-6-15-8-13)16-12(17)9-3-4-10(14)11(7-9)18-2/h3-4,7,15H,5-6,8H2,1-2H3,(H,16,17). The number of halogens is 1. The highest BCUT2D eigenvalue weighted by molar-refractivity contribution is 5.95. The van der Waals surface area contributed by atoms with E-state index in [1.807, 2.05) is 6.92 Å². The van der Waals surface area contributed by atoms with Gasteiger partial charge in [-0.05, 0) is 38.1 Å². The third kappa shape index (κ3) is 2.61. The maximum absolute atomic E-state index is 13.2. The number of hydrogen-bond acceptors (Lipinski definition) is 3. The van der Waals surface area contributed by atoms with Gasteiger partial charge in [-0.2, -0.15) is 0 Å². The van der Waals surface area contributed by atoms with Crippen LogP contribution in [0.15, 0.2) is 18.2 Å². The predicted octanol–water partition coefficient (Wildman–Crippen LogP) is 1.32. The summed E-state index contributed by atoms with van der Waals surface area (Å²) in [5, 5.41) is 6.16. The monoisotopic (exact) mass is 252 g/mol. The molecule has 2 N–H and O–H groups in total. The summed E-state index contributed by atoms with van der Waals surface area (Å²) >= 11 is 0. The second-order valence-electron chi connectivity index (χ2n) is 4.79. The van der Waals surface area contributed by atoms with Gasteiger partial charge in [0.1, 0.15) is 0 Å². The lowest BCUT2D eigenvalue weighted by molar-refractivity contribution is 0.0912. The fourth-order valence-electron chi connectivity index (χ4n) is 2.07. The lowest BCUT2D eigenvalue weighted by atomic mass is 10.0. The molecular weight excluding hydrogens is 235 g/mol. The minimum atomic E-state index is -0.470. The Balaban J connectivity index is 2.13. The SMILES string of the molecule is COc1cc(C(=O)NC2(C)CCNC2)ccc1F. The van der Waals surface area contributed by atoms with Crippen LogP contribution in [0, 0.1) is 5.82 Å². The molecule has 1 atom stereocenters. The molecule has 2 rings (SSSR count). The van der Waals surface area contributed by atoms with Gasteiger partial charge in [0.2, 0.25) is 0 Å². The molecule has 1 saturated heterocycles. The lowest BCUT2D eigenvalue weighted by Gasteiger charge is -2.24. The maximum atomic E-state index is 13.2. The Morgan fingerprint density at radius 3 is 2.94 bits per heavy atom. The van der Waals surface area contributed by atoms with Gasteiger partial charge in [0.15, 0.2) is 11.6 Å². The molecule has 4 nitrogen and oxygen atoms in total. The van der Waals surface area contributed by atoms with E-state index in [4.69, 9.17) is 4.74 Å². The average molecular weight is 252 g/mol. The van der Waals surface area contributed by atoms with Gasteiger partial charge >= 0.3 is 0 Å². The van der Waals surface area contributed by atoms with Crippen molar-refractivity contribution in [2.45, 2.75) is 18.9 Å². The van der Waals surface area contributed by atoms with Crippen LogP contribution in [0.5, 0.6) is 5.75 Å². The van der Waals surface area contributed by atoms with Gasteiger partial charge < -0.3 is 15.4 Å². The van der Waals surface area contributed by atoms with Crippen molar-refractivity contribution in [3.63, 3.8) is 0 Å². The average Bonchev–Trinajstić information content (AvgIpc) is 2.76. The second-order valence-corrected chi connectivity index (χ2v) is 4.79. The van der Waals surface area contributed by atoms with E-state index in [-0.39, 0.29) is 17.2 Å². The summed E-state index contributed by atoms with van der Waals surface area (Å²) in [5.41, 5.74) is 0.167. The minimum Gasteiger partial charge on any atom is -0.494 e. The van der Waals surface area contributed by atoms with E-state index in [2.05, 4.69) is 10.6 Å². The van der Waals surface area contributed by atoms with E-state index in [1.54, 1.807) is 0 Å². The van der Waals surface area contributed by atoms with Gasteiger partial charge in [0.05, 0.1) is 12.6 Å². The molecule has 1 aliphatic heterocycles. The van der Waals surface area contributed by atoms with Crippen LogP contribution in [-0.4, -0.2) is 31.6 Å². The molecular formula is C13H17FN2O2. The van der Waals surface area contributed by atoms with Gasteiger partial charge in [-0.3, -0.25) is 4.79 Å². The maximum Gasteiger partial charge on any atom is 0.251 e. The molecule has 18 heavy (non-hydrogen) atoms. The molecule has 0 radical (unpaired) electrons. The molecule has 1 amide bonds. The number of hydrogen-bond donors (Lipinski definition) is 2. The van der Waals surface area contributed by atoms with Crippen molar-refractivity contribution in [1.82, 2.24) is 10.6 Å². The highest BCUT2D eigenvalue weighted by Crippen LogP contribution is 2.20. The topological polar surface area (TPSA) is 50.4 Å². The molecule has 0 aliphatic carbocycles. The smallest absolute Gasteiger partial charge is 0.251 e. The van der Waals surface area contributed by atoms with Crippen LogP contribution in [0.25, 0.3) is 0 Å². The first kappa shape index (κ1) is 12.8. The van der Waals surface area contributed by atoms with Crippen LogP contribution in [0.1, 0.15) is 23.7 Å². The molecule has 0 spiro atoms. The summed E-state index contributed by atoms with van der Waals surface area (Å²) in [6.07, 6.45) is 0.886. The zero-order valence-electron chi connectivity index (χ0n) is 10.5. The first-order valence-electron chi connectivity index (χ1n) is 5.91. The van der Waals surface area contributed by atoms with Gasteiger partial charge in [-0.25, -0.2) is 4.39 Å². The predicted molar refractivity (Wildman–Crippen MR) is 66.3 cm³/mol. The van der Waals surface area contributed by atoms with E-state index in [0.29, 0.717) is 5.56 Å². The molecule has 0 saturated carbocycles. The van der Waals surface area contributed by atoms with E-state index in [0.717, 1.165) is 19.5 Å². The largest absolute Gasteiger partial charge is 0.494 e. The number of benzene rings is 1. The fraction of sp³-hybridized carbons (Fsp3) is 0.462. The van der Waals surface area contributed by atoms with Crippen molar-refractivity contribution in [3.8, 4) is 5.75 Å². The number of methoxy groups -OCH3 is 1. The third-order valence-electron chi connectivity index (χ3n) is 3.20. The fourth-order valence-corrected chi connectivity index (χ4v) is 2.07.